The summed E-state index contributed by atoms with van der Waals surface area (Å²) in [6.45, 7) is 2.84. The number of halogens is 3. The first kappa shape index (κ1) is 21.4. The molecule has 0 saturated carbocycles. The van der Waals surface area contributed by atoms with Crippen molar-refractivity contribution in [1.82, 2.24) is 14.6 Å². The lowest BCUT2D eigenvalue weighted by molar-refractivity contribution is -0.137. The number of nitrogens with one attached hydrogen (secondary N) is 1. The van der Waals surface area contributed by atoms with Crippen molar-refractivity contribution in [2.75, 3.05) is 24.3 Å². The third-order valence-electron chi connectivity index (χ3n) is 5.10. The fourth-order valence-corrected chi connectivity index (χ4v) is 4.38. The van der Waals surface area contributed by atoms with Crippen molar-refractivity contribution in [2.24, 2.45) is 0 Å². The molecule has 4 aromatic rings. The molecule has 0 aliphatic carbocycles. The molecule has 7 nitrogen and oxygen atoms in total. The number of anilines is 1. The van der Waals surface area contributed by atoms with E-state index in [4.69, 9.17) is 9.47 Å². The summed E-state index contributed by atoms with van der Waals surface area (Å²) in [6, 6.07) is 10.2. The average Bonchev–Trinajstić information content (AvgIpc) is 3.21. The van der Waals surface area contributed by atoms with Crippen LogP contribution in [0.25, 0.3) is 16.6 Å². The summed E-state index contributed by atoms with van der Waals surface area (Å²) in [6.07, 6.45) is -4.48. The fourth-order valence-electron chi connectivity index (χ4n) is 3.64. The number of hydrogen-bond donors (Lipinski definition) is 1. The molecular weight excluding hydrogens is 457 g/mol. The van der Waals surface area contributed by atoms with Crippen molar-refractivity contribution in [3.8, 4) is 11.5 Å². The van der Waals surface area contributed by atoms with Gasteiger partial charge >= 0.3 is 6.18 Å². The summed E-state index contributed by atoms with van der Waals surface area (Å²) in [5.41, 5.74) is 1.58. The highest BCUT2D eigenvalue weighted by Crippen LogP contribution is 2.36. The van der Waals surface area contributed by atoms with Gasteiger partial charge in [0.05, 0.1) is 16.8 Å². The molecule has 1 aliphatic rings. The van der Waals surface area contributed by atoms with Gasteiger partial charge in [-0.15, -0.1) is 10.2 Å². The summed E-state index contributed by atoms with van der Waals surface area (Å²) in [5, 5.41) is 12.3. The number of rotatable bonds is 4. The van der Waals surface area contributed by atoms with Crippen molar-refractivity contribution >= 4 is 39.9 Å². The van der Waals surface area contributed by atoms with Crippen molar-refractivity contribution in [3.63, 3.8) is 0 Å². The zero-order chi connectivity index (χ0) is 23.2. The van der Waals surface area contributed by atoms with Crippen molar-refractivity contribution < 1.29 is 27.4 Å². The maximum Gasteiger partial charge on any atom is 0.416 e. The molecule has 0 radical (unpaired) electrons. The van der Waals surface area contributed by atoms with Gasteiger partial charge < -0.3 is 14.8 Å². The van der Waals surface area contributed by atoms with Crippen LogP contribution in [0.4, 0.5) is 18.9 Å². The average molecular weight is 474 g/mol. The van der Waals surface area contributed by atoms with E-state index in [0.29, 0.717) is 35.5 Å². The van der Waals surface area contributed by atoms with E-state index in [1.807, 2.05) is 29.5 Å². The number of hydrogen-bond acceptors (Lipinski definition) is 6. The Balaban J connectivity index is 1.41. The lowest BCUT2D eigenvalue weighted by Gasteiger charge is -2.19. The Morgan fingerprint density at radius 3 is 2.64 bits per heavy atom. The van der Waals surface area contributed by atoms with Crippen LogP contribution in [-0.4, -0.2) is 39.5 Å². The van der Waals surface area contributed by atoms with E-state index in [9.17, 15) is 18.0 Å². The van der Waals surface area contributed by atoms with E-state index < -0.39 is 17.6 Å². The second-order valence-electron chi connectivity index (χ2n) is 7.44. The van der Waals surface area contributed by atoms with E-state index in [1.54, 1.807) is 0 Å². The second kappa shape index (κ2) is 8.14. The highest BCUT2D eigenvalue weighted by atomic mass is 32.2. The van der Waals surface area contributed by atoms with Gasteiger partial charge in [-0.25, -0.2) is 0 Å². The number of aryl methyl sites for hydroxylation is 1. The zero-order valence-corrected chi connectivity index (χ0v) is 18.1. The smallest absolute Gasteiger partial charge is 0.416 e. The Morgan fingerprint density at radius 2 is 1.88 bits per heavy atom. The van der Waals surface area contributed by atoms with Crippen LogP contribution in [0.15, 0.2) is 47.6 Å². The quantitative estimate of drug-likeness (QED) is 0.432. The molecule has 3 heterocycles. The number of fused-ring (bicyclic) bond motifs is 4. The molecule has 0 bridgehead atoms. The zero-order valence-electron chi connectivity index (χ0n) is 17.3. The minimum absolute atomic E-state index is 0.0585. The number of pyridine rings is 1. The molecular formula is C22H17F3N4O3S. The highest BCUT2D eigenvalue weighted by molar-refractivity contribution is 7.99. The van der Waals surface area contributed by atoms with Crippen molar-refractivity contribution in [2.45, 2.75) is 18.3 Å². The van der Waals surface area contributed by atoms with Gasteiger partial charge in [-0.1, -0.05) is 17.8 Å². The standard InChI is InChI=1S/C22H17F3N4O3S/c1-12-7-13-8-17-18(32-6-5-31-17)10-16(13)29-20(12)27-28-21(29)33-11-19(30)26-15-4-2-3-14(9-15)22(23,24)25/h2-4,7-10H,5-6,11H2,1H3,(H,26,30). The van der Waals surface area contributed by atoms with Gasteiger partial charge in [-0.2, -0.15) is 13.2 Å². The second-order valence-corrected chi connectivity index (χ2v) is 8.38. The molecule has 33 heavy (non-hydrogen) atoms. The third kappa shape index (κ3) is 4.15. The van der Waals surface area contributed by atoms with Gasteiger partial charge in [-0.05, 0) is 42.8 Å². The number of ether oxygens (including phenoxy) is 2. The van der Waals surface area contributed by atoms with Gasteiger partial charge in [0.2, 0.25) is 5.91 Å². The number of alkyl halides is 3. The minimum atomic E-state index is -4.48. The molecule has 0 unspecified atom stereocenters. The molecule has 0 spiro atoms. The summed E-state index contributed by atoms with van der Waals surface area (Å²) in [7, 11) is 0. The number of carbonyl (C=O) groups is 1. The van der Waals surface area contributed by atoms with Crippen LogP contribution < -0.4 is 14.8 Å². The van der Waals surface area contributed by atoms with Crippen LogP contribution in [0.5, 0.6) is 11.5 Å². The maximum absolute atomic E-state index is 12.9. The lowest BCUT2D eigenvalue weighted by Crippen LogP contribution is -2.15. The molecule has 0 atom stereocenters. The molecule has 2 aromatic carbocycles. The predicted molar refractivity (Wildman–Crippen MR) is 117 cm³/mol. The van der Waals surface area contributed by atoms with Crippen LogP contribution >= 0.6 is 11.8 Å². The van der Waals surface area contributed by atoms with Gasteiger partial charge in [0.1, 0.15) is 13.2 Å². The molecule has 1 N–H and O–H groups in total. The molecule has 170 valence electrons. The summed E-state index contributed by atoms with van der Waals surface area (Å²) in [5.74, 6) is 0.764. The number of nitrogens with zero attached hydrogens (tertiary/aromatic N) is 3. The molecule has 0 fully saturated rings. The topological polar surface area (TPSA) is 77.8 Å². The number of aromatic nitrogens is 3. The normalized spacial score (nSPS) is 13.5. The van der Waals surface area contributed by atoms with Crippen LogP contribution in [0.3, 0.4) is 0 Å². The molecule has 1 aliphatic heterocycles. The first-order valence-electron chi connectivity index (χ1n) is 9.97. The van der Waals surface area contributed by atoms with Gasteiger partial charge in [0, 0.05) is 17.1 Å². The largest absolute Gasteiger partial charge is 0.486 e. The van der Waals surface area contributed by atoms with Crippen molar-refractivity contribution in [1.29, 1.82) is 0 Å². The Bertz CT molecular complexity index is 1390. The monoisotopic (exact) mass is 474 g/mol. The van der Waals surface area contributed by atoms with Gasteiger partial charge in [0.25, 0.3) is 0 Å². The third-order valence-corrected chi connectivity index (χ3v) is 6.03. The van der Waals surface area contributed by atoms with Crippen LogP contribution in [0.1, 0.15) is 11.1 Å². The summed E-state index contributed by atoms with van der Waals surface area (Å²) >= 11 is 1.14. The fraction of sp³-hybridized carbons (Fsp3) is 0.227. The first-order valence-corrected chi connectivity index (χ1v) is 11.0. The molecule has 11 heteroatoms. The summed E-state index contributed by atoms with van der Waals surface area (Å²) in [4.78, 5) is 12.4. The van der Waals surface area contributed by atoms with E-state index in [1.165, 1.54) is 12.1 Å². The Morgan fingerprint density at radius 1 is 1.12 bits per heavy atom. The highest BCUT2D eigenvalue weighted by Gasteiger charge is 2.30. The number of carbonyl (C=O) groups excluding carboxylic acids is 1. The molecule has 1 amide bonds. The van der Waals surface area contributed by atoms with Gasteiger partial charge in [-0.3, -0.25) is 9.20 Å². The lowest BCUT2D eigenvalue weighted by atomic mass is 10.1. The number of thioether (sulfide) groups is 1. The van der Waals surface area contributed by atoms with E-state index >= 15 is 0 Å². The van der Waals surface area contributed by atoms with E-state index in [0.717, 1.165) is 40.4 Å². The minimum Gasteiger partial charge on any atom is -0.486 e. The van der Waals surface area contributed by atoms with Crippen LogP contribution in [-0.2, 0) is 11.0 Å². The molecule has 5 rings (SSSR count). The van der Waals surface area contributed by atoms with Crippen LogP contribution in [0.2, 0.25) is 0 Å². The number of benzene rings is 2. The van der Waals surface area contributed by atoms with Crippen molar-refractivity contribution in [3.05, 3.63) is 53.6 Å². The maximum atomic E-state index is 12.9. The van der Waals surface area contributed by atoms with Crippen LogP contribution in [0, 0.1) is 6.92 Å². The SMILES string of the molecule is Cc1cc2cc3c(cc2n2c(SCC(=O)Nc4cccc(C(F)(F)F)c4)nnc12)OCCO3. The Kier molecular flexibility index (Phi) is 5.28. The Labute approximate surface area is 189 Å². The molecule has 0 saturated heterocycles. The molecule has 2 aromatic heterocycles. The Hall–Kier alpha value is -3.47. The van der Waals surface area contributed by atoms with E-state index in [2.05, 4.69) is 15.5 Å². The van der Waals surface area contributed by atoms with Gasteiger partial charge in [0.15, 0.2) is 22.3 Å². The first-order chi connectivity index (χ1) is 15.8. The summed E-state index contributed by atoms with van der Waals surface area (Å²) < 4.78 is 51.9. The predicted octanol–water partition coefficient (Wildman–Crippen LogP) is 4.71. The van der Waals surface area contributed by atoms with E-state index in [-0.39, 0.29) is 11.4 Å². The number of amides is 1.